The largest absolute Gasteiger partial charge is 0.455 e. The van der Waals surface area contributed by atoms with Gasteiger partial charge in [-0.15, -0.1) is 0 Å². The molecule has 48 heavy (non-hydrogen) atoms. The zero-order valence-electron chi connectivity index (χ0n) is 25.2. The highest BCUT2D eigenvalue weighted by molar-refractivity contribution is 6.24. The first-order valence-corrected chi connectivity index (χ1v) is 15.8. The van der Waals surface area contributed by atoms with Gasteiger partial charge in [0, 0.05) is 43.1 Å². The zero-order chi connectivity index (χ0) is 31.5. The van der Waals surface area contributed by atoms with Crippen LogP contribution in [0.1, 0.15) is 5.56 Å². The van der Waals surface area contributed by atoms with Crippen molar-refractivity contribution in [2.45, 2.75) is 0 Å². The molecule has 4 heterocycles. The van der Waals surface area contributed by atoms with Gasteiger partial charge in [0.05, 0.1) is 22.8 Å². The number of benzene rings is 7. The van der Waals surface area contributed by atoms with Crippen LogP contribution in [-0.2, 0) is 0 Å². The maximum absolute atomic E-state index is 10.4. The van der Waals surface area contributed by atoms with Crippen LogP contribution in [0.15, 0.2) is 145 Å². The van der Waals surface area contributed by atoms with Gasteiger partial charge in [-0.25, -0.2) is 0 Å². The minimum atomic E-state index is 0.497. The number of fused-ring (bicyclic) bond motifs is 12. The molecule has 0 amide bonds. The molecule has 222 valence electrons. The Kier molecular flexibility index (Phi) is 4.85. The van der Waals surface area contributed by atoms with Crippen LogP contribution in [0.25, 0.3) is 110 Å². The van der Waals surface area contributed by atoms with Crippen LogP contribution in [0.3, 0.4) is 0 Å². The molecule has 0 spiro atoms. The first-order valence-electron chi connectivity index (χ1n) is 15.8. The Morgan fingerprint density at radius 1 is 0.354 bits per heavy atom. The lowest BCUT2D eigenvalue weighted by Crippen LogP contribution is -1.88. The number of hydrogen-bond acceptors (Lipinski definition) is 5. The lowest BCUT2D eigenvalue weighted by Gasteiger charge is -2.10. The quantitative estimate of drug-likeness (QED) is 0.193. The van der Waals surface area contributed by atoms with Crippen LogP contribution in [0.2, 0.25) is 0 Å². The van der Waals surface area contributed by atoms with Gasteiger partial charge < -0.3 is 17.7 Å². The summed E-state index contributed by atoms with van der Waals surface area (Å²) in [5.74, 6) is 0. The molecule has 5 nitrogen and oxygen atoms in total. The summed E-state index contributed by atoms with van der Waals surface area (Å²) < 4.78 is 26.4. The highest BCUT2D eigenvalue weighted by Gasteiger charge is 2.25. The van der Waals surface area contributed by atoms with Gasteiger partial charge in [-0.3, -0.25) is 0 Å². The van der Waals surface area contributed by atoms with Gasteiger partial charge in [0.15, 0.2) is 0 Å². The fourth-order valence-electron chi connectivity index (χ4n) is 7.58. The molecule has 0 unspecified atom stereocenters. The molecule has 11 aromatic rings. The molecule has 11 rings (SSSR count). The van der Waals surface area contributed by atoms with Crippen molar-refractivity contribution in [1.29, 1.82) is 5.26 Å². The Morgan fingerprint density at radius 3 is 0.979 bits per heavy atom. The summed E-state index contributed by atoms with van der Waals surface area (Å²) in [6.45, 7) is 0. The lowest BCUT2D eigenvalue weighted by molar-refractivity contribution is 0.657. The molecular formula is C43H21NO4. The van der Waals surface area contributed by atoms with Gasteiger partial charge >= 0.3 is 0 Å². The molecule has 0 aliphatic heterocycles. The van der Waals surface area contributed by atoms with E-state index in [-0.39, 0.29) is 0 Å². The van der Waals surface area contributed by atoms with Gasteiger partial charge in [0.25, 0.3) is 0 Å². The van der Waals surface area contributed by atoms with Crippen molar-refractivity contribution < 1.29 is 17.7 Å². The Balaban J connectivity index is 1.31. The predicted octanol–water partition coefficient (Wildman–Crippen LogP) is 12.5. The van der Waals surface area contributed by atoms with Crippen molar-refractivity contribution >= 4 is 87.8 Å². The third-order valence-corrected chi connectivity index (χ3v) is 9.66. The number of nitrogens with zero attached hydrogens (tertiary/aromatic N) is 1. The van der Waals surface area contributed by atoms with Crippen LogP contribution in [-0.4, -0.2) is 0 Å². The summed E-state index contributed by atoms with van der Waals surface area (Å²) >= 11 is 0. The van der Waals surface area contributed by atoms with E-state index in [1.807, 2.05) is 84.9 Å². The van der Waals surface area contributed by atoms with Crippen LogP contribution >= 0.6 is 0 Å². The first-order chi connectivity index (χ1) is 23.7. The molecule has 4 aromatic heterocycles. The fourth-order valence-corrected chi connectivity index (χ4v) is 7.58. The minimum absolute atomic E-state index is 0.497. The molecule has 0 saturated carbocycles. The van der Waals surface area contributed by atoms with E-state index in [1.54, 1.807) is 0 Å². The number of para-hydroxylation sites is 4. The summed E-state index contributed by atoms with van der Waals surface area (Å²) in [7, 11) is 0. The van der Waals surface area contributed by atoms with Crippen LogP contribution in [0.4, 0.5) is 0 Å². The van der Waals surface area contributed by atoms with Crippen LogP contribution < -0.4 is 0 Å². The highest BCUT2D eigenvalue weighted by Crippen LogP contribution is 2.48. The summed E-state index contributed by atoms with van der Waals surface area (Å²) in [5.41, 5.74) is 9.69. The van der Waals surface area contributed by atoms with E-state index >= 15 is 0 Å². The number of hydrogen-bond donors (Lipinski definition) is 0. The van der Waals surface area contributed by atoms with E-state index in [4.69, 9.17) is 17.7 Å². The van der Waals surface area contributed by atoms with E-state index < -0.39 is 0 Å². The van der Waals surface area contributed by atoms with E-state index in [9.17, 15) is 5.26 Å². The second-order valence-electron chi connectivity index (χ2n) is 12.3. The monoisotopic (exact) mass is 615 g/mol. The van der Waals surface area contributed by atoms with Gasteiger partial charge in [-0.05, 0) is 65.7 Å². The second-order valence-corrected chi connectivity index (χ2v) is 12.3. The van der Waals surface area contributed by atoms with Gasteiger partial charge in [0.2, 0.25) is 0 Å². The fraction of sp³-hybridized carbons (Fsp3) is 0. The number of rotatable bonds is 2. The molecule has 0 radical (unpaired) electrons. The normalized spacial score (nSPS) is 12.1. The maximum atomic E-state index is 10.4. The van der Waals surface area contributed by atoms with Gasteiger partial charge in [-0.1, -0.05) is 72.8 Å². The average molecular weight is 616 g/mol. The Morgan fingerprint density at radius 2 is 0.667 bits per heavy atom. The van der Waals surface area contributed by atoms with Gasteiger partial charge in [-0.2, -0.15) is 5.26 Å². The first kappa shape index (κ1) is 25.4. The van der Waals surface area contributed by atoms with Crippen LogP contribution in [0.5, 0.6) is 0 Å². The van der Waals surface area contributed by atoms with Crippen molar-refractivity contribution in [2.24, 2.45) is 0 Å². The second kappa shape index (κ2) is 9.16. The Labute approximate surface area is 271 Å². The highest BCUT2D eigenvalue weighted by atomic mass is 16.4. The Bertz CT molecular complexity index is 2810. The molecule has 0 atom stereocenters. The average Bonchev–Trinajstić information content (AvgIpc) is 3.89. The molecule has 0 N–H and O–H groups in total. The smallest absolute Gasteiger partial charge is 0.147 e. The third kappa shape index (κ3) is 3.33. The molecule has 0 aliphatic carbocycles. The molecule has 0 bridgehead atoms. The van der Waals surface area contributed by atoms with Crippen molar-refractivity contribution in [1.82, 2.24) is 0 Å². The van der Waals surface area contributed by atoms with Crippen molar-refractivity contribution in [2.75, 3.05) is 0 Å². The molecule has 7 aromatic carbocycles. The predicted molar refractivity (Wildman–Crippen MR) is 191 cm³/mol. The molecule has 0 aliphatic rings. The van der Waals surface area contributed by atoms with Crippen LogP contribution in [0, 0.1) is 11.3 Å². The summed E-state index contributed by atoms with van der Waals surface area (Å²) in [6, 6.07) is 44.9. The maximum Gasteiger partial charge on any atom is 0.147 e. The molecule has 5 heteroatoms. The lowest BCUT2D eigenvalue weighted by atomic mass is 9.92. The molecule has 0 fully saturated rings. The third-order valence-electron chi connectivity index (χ3n) is 9.66. The topological polar surface area (TPSA) is 76.3 Å². The van der Waals surface area contributed by atoms with E-state index in [1.165, 1.54) is 0 Å². The molecule has 0 saturated heterocycles. The summed E-state index contributed by atoms with van der Waals surface area (Å²) in [4.78, 5) is 0. The summed E-state index contributed by atoms with van der Waals surface area (Å²) in [5, 5.41) is 18.5. The minimum Gasteiger partial charge on any atom is -0.455 e. The Hall–Kier alpha value is -6.77. The van der Waals surface area contributed by atoms with Crippen molar-refractivity contribution in [3.63, 3.8) is 0 Å². The SMILES string of the molecule is N#Cc1cc(-c2c3oc4ccccc4c3cc3c2oc2ccccc23)cc(-c2c3oc4ccccc4c3cc3c2oc2ccccc23)c1. The van der Waals surface area contributed by atoms with Gasteiger partial charge in [0.1, 0.15) is 44.7 Å². The van der Waals surface area contributed by atoms with Crippen molar-refractivity contribution in [3.8, 4) is 28.3 Å². The van der Waals surface area contributed by atoms with Crippen molar-refractivity contribution in [3.05, 3.63) is 133 Å². The van der Waals surface area contributed by atoms with E-state index in [2.05, 4.69) is 48.5 Å². The molecular weight excluding hydrogens is 594 g/mol. The van der Waals surface area contributed by atoms with E-state index in [0.717, 1.165) is 87.7 Å². The standard InChI is InChI=1S/C43H21NO4/c44-22-23-17-24(38-40-30(26-9-1-5-13-34(26)45-40)20-31-27-10-2-6-14-35(27)46-41(31)38)19-25(18-23)39-42-32(28-11-3-7-15-36(28)47-42)21-33-29-12-4-8-16-37(29)48-43(33)39/h1-21H. The number of furan rings is 4. The number of nitriles is 1. The van der Waals surface area contributed by atoms with E-state index in [0.29, 0.717) is 27.9 Å². The summed E-state index contributed by atoms with van der Waals surface area (Å²) in [6.07, 6.45) is 0. The zero-order valence-corrected chi connectivity index (χ0v) is 25.2.